The zero-order valence-electron chi connectivity index (χ0n) is 12.4. The van der Waals surface area contributed by atoms with Crippen LogP contribution in [0.4, 0.5) is 0 Å². The second-order valence-electron chi connectivity index (χ2n) is 6.71. The van der Waals surface area contributed by atoms with Gasteiger partial charge in [0.05, 0.1) is 0 Å². The van der Waals surface area contributed by atoms with Crippen LogP contribution in [0.2, 0.25) is 0 Å². The van der Waals surface area contributed by atoms with Gasteiger partial charge in [0.25, 0.3) is 0 Å². The second-order valence-corrected chi connectivity index (χ2v) is 6.71. The Morgan fingerprint density at radius 2 is 1.84 bits per heavy atom. The molecule has 1 heteroatoms. The normalized spacial score (nSPS) is 29.2. The number of benzene rings is 1. The van der Waals surface area contributed by atoms with E-state index in [1.165, 1.54) is 49.7 Å². The highest BCUT2D eigenvalue weighted by molar-refractivity contribution is 5.28. The molecule has 2 aliphatic rings. The van der Waals surface area contributed by atoms with E-state index in [1.54, 1.807) is 0 Å². The molecular formula is C18H27N. The highest BCUT2D eigenvalue weighted by atomic mass is 14.9. The maximum atomic E-state index is 3.89. The Kier molecular flexibility index (Phi) is 3.93. The predicted octanol–water partition coefficient (Wildman–Crippen LogP) is 4.61. The van der Waals surface area contributed by atoms with Gasteiger partial charge in [0.2, 0.25) is 0 Å². The van der Waals surface area contributed by atoms with E-state index in [-0.39, 0.29) is 0 Å². The number of nitrogens with one attached hydrogen (secondary N) is 1. The molecule has 1 aromatic rings. The van der Waals surface area contributed by atoms with Gasteiger partial charge < -0.3 is 5.32 Å². The fraction of sp³-hybridized carbons (Fsp3) is 0.667. The van der Waals surface area contributed by atoms with E-state index in [0.29, 0.717) is 6.04 Å². The molecule has 1 N–H and O–H groups in total. The maximum absolute atomic E-state index is 3.89. The van der Waals surface area contributed by atoms with Crippen LogP contribution in [-0.2, 0) is 0 Å². The number of hydrogen-bond acceptors (Lipinski definition) is 1. The van der Waals surface area contributed by atoms with E-state index in [1.807, 2.05) is 0 Å². The highest BCUT2D eigenvalue weighted by Crippen LogP contribution is 2.44. The van der Waals surface area contributed by atoms with Crippen molar-refractivity contribution >= 4 is 0 Å². The molecule has 0 amide bonds. The van der Waals surface area contributed by atoms with Crippen LogP contribution < -0.4 is 5.32 Å². The van der Waals surface area contributed by atoms with Gasteiger partial charge in [-0.1, -0.05) is 37.1 Å². The largest absolute Gasteiger partial charge is 0.307 e. The third kappa shape index (κ3) is 3.20. The molecule has 0 saturated heterocycles. The molecule has 0 aromatic heterocycles. The lowest BCUT2D eigenvalue weighted by Crippen LogP contribution is -2.36. The monoisotopic (exact) mass is 257 g/mol. The number of rotatable bonds is 4. The summed E-state index contributed by atoms with van der Waals surface area (Å²) in [5.74, 6) is 2.11. The maximum Gasteiger partial charge on any atom is 0.0296 e. The van der Waals surface area contributed by atoms with Crippen molar-refractivity contribution in [1.29, 1.82) is 0 Å². The van der Waals surface area contributed by atoms with Gasteiger partial charge in [-0.05, 0) is 62.5 Å². The van der Waals surface area contributed by atoms with Crippen molar-refractivity contribution < 1.29 is 0 Å². The minimum Gasteiger partial charge on any atom is -0.307 e. The summed E-state index contributed by atoms with van der Waals surface area (Å²) in [5.41, 5.74) is 2.88. The van der Waals surface area contributed by atoms with Crippen LogP contribution in [0.5, 0.6) is 0 Å². The molecule has 0 spiro atoms. The first-order chi connectivity index (χ1) is 9.24. The lowest BCUT2D eigenvalue weighted by molar-refractivity contribution is 0.249. The van der Waals surface area contributed by atoms with E-state index < -0.39 is 0 Å². The van der Waals surface area contributed by atoms with Crippen LogP contribution in [0.3, 0.4) is 0 Å². The topological polar surface area (TPSA) is 12.0 Å². The molecule has 2 aliphatic carbocycles. The molecule has 19 heavy (non-hydrogen) atoms. The van der Waals surface area contributed by atoms with Gasteiger partial charge in [-0.3, -0.25) is 0 Å². The Morgan fingerprint density at radius 3 is 2.58 bits per heavy atom. The Bertz CT molecular complexity index is 421. The summed E-state index contributed by atoms with van der Waals surface area (Å²) in [6.45, 7) is 4.55. The second kappa shape index (κ2) is 5.66. The molecule has 3 unspecified atom stereocenters. The fourth-order valence-corrected chi connectivity index (χ4v) is 3.89. The van der Waals surface area contributed by atoms with Gasteiger partial charge in [-0.25, -0.2) is 0 Å². The lowest BCUT2D eigenvalue weighted by atomic mass is 9.82. The third-order valence-electron chi connectivity index (χ3n) is 5.14. The Hall–Kier alpha value is -0.820. The summed E-state index contributed by atoms with van der Waals surface area (Å²) in [5, 5.41) is 3.89. The summed E-state index contributed by atoms with van der Waals surface area (Å²) in [4.78, 5) is 0. The Labute approximate surface area is 117 Å². The molecule has 1 aromatic carbocycles. The summed E-state index contributed by atoms with van der Waals surface area (Å²) in [6.07, 6.45) is 8.72. The molecular weight excluding hydrogens is 230 g/mol. The third-order valence-corrected chi connectivity index (χ3v) is 5.14. The van der Waals surface area contributed by atoms with Crippen LogP contribution in [-0.4, -0.2) is 6.04 Å². The Morgan fingerprint density at radius 1 is 1.05 bits per heavy atom. The first-order valence-corrected chi connectivity index (χ1v) is 8.05. The summed E-state index contributed by atoms with van der Waals surface area (Å²) < 4.78 is 0. The molecule has 104 valence electrons. The van der Waals surface area contributed by atoms with E-state index in [4.69, 9.17) is 0 Å². The highest BCUT2D eigenvalue weighted by Gasteiger charge is 2.34. The van der Waals surface area contributed by atoms with Crippen LogP contribution in [0.15, 0.2) is 24.3 Å². The summed E-state index contributed by atoms with van der Waals surface area (Å²) in [7, 11) is 0. The van der Waals surface area contributed by atoms with E-state index in [2.05, 4.69) is 43.4 Å². The molecule has 2 saturated carbocycles. The quantitative estimate of drug-likeness (QED) is 0.830. The molecule has 1 nitrogen and oxygen atoms in total. The van der Waals surface area contributed by atoms with Crippen LogP contribution >= 0.6 is 0 Å². The summed E-state index contributed by atoms with van der Waals surface area (Å²) >= 11 is 0. The molecule has 2 fully saturated rings. The molecule has 3 atom stereocenters. The van der Waals surface area contributed by atoms with Gasteiger partial charge in [-0.2, -0.15) is 0 Å². The van der Waals surface area contributed by atoms with E-state index in [0.717, 1.165) is 17.9 Å². The minimum atomic E-state index is 0.490. The average molecular weight is 257 g/mol. The van der Waals surface area contributed by atoms with E-state index in [9.17, 15) is 0 Å². The zero-order chi connectivity index (χ0) is 13.2. The first-order valence-electron chi connectivity index (χ1n) is 8.05. The van der Waals surface area contributed by atoms with Crippen LogP contribution in [0, 0.1) is 18.8 Å². The molecule has 0 aliphatic heterocycles. The van der Waals surface area contributed by atoms with Crippen molar-refractivity contribution in [3.05, 3.63) is 35.4 Å². The average Bonchev–Trinajstić information content (AvgIpc) is 3.24. The summed E-state index contributed by atoms with van der Waals surface area (Å²) in [6, 6.07) is 10.0. The molecule has 3 rings (SSSR count). The van der Waals surface area contributed by atoms with Crippen molar-refractivity contribution in [1.82, 2.24) is 5.32 Å². The predicted molar refractivity (Wildman–Crippen MR) is 81.2 cm³/mol. The van der Waals surface area contributed by atoms with Gasteiger partial charge in [-0.15, -0.1) is 0 Å². The first kappa shape index (κ1) is 13.2. The zero-order valence-corrected chi connectivity index (χ0v) is 12.4. The molecule has 0 radical (unpaired) electrons. The van der Waals surface area contributed by atoms with Crippen molar-refractivity contribution in [2.24, 2.45) is 11.8 Å². The fourth-order valence-electron chi connectivity index (χ4n) is 3.89. The Balaban J connectivity index is 1.59. The van der Waals surface area contributed by atoms with Gasteiger partial charge >= 0.3 is 0 Å². The van der Waals surface area contributed by atoms with Gasteiger partial charge in [0.1, 0.15) is 0 Å². The van der Waals surface area contributed by atoms with Crippen LogP contribution in [0.25, 0.3) is 0 Å². The van der Waals surface area contributed by atoms with Crippen molar-refractivity contribution in [2.45, 2.75) is 64.5 Å². The molecule has 0 bridgehead atoms. The number of aryl methyl sites for hydroxylation is 1. The standard InChI is InChI=1S/C18H27N/c1-13-6-3-4-9-18(13)14(2)19-17-8-5-7-16(12-17)15-10-11-15/h3-4,6,9,14-17,19H,5,7-8,10-12H2,1-2H3. The van der Waals surface area contributed by atoms with Crippen molar-refractivity contribution in [2.75, 3.05) is 0 Å². The van der Waals surface area contributed by atoms with Gasteiger partial charge in [0.15, 0.2) is 0 Å². The molecule has 0 heterocycles. The smallest absolute Gasteiger partial charge is 0.0296 e. The minimum absolute atomic E-state index is 0.490. The van der Waals surface area contributed by atoms with Crippen molar-refractivity contribution in [3.8, 4) is 0 Å². The van der Waals surface area contributed by atoms with E-state index >= 15 is 0 Å². The SMILES string of the molecule is Cc1ccccc1C(C)NC1CCCC(C2CC2)C1. The lowest BCUT2D eigenvalue weighted by Gasteiger charge is -2.32. The van der Waals surface area contributed by atoms with Gasteiger partial charge in [0, 0.05) is 12.1 Å². The van der Waals surface area contributed by atoms with Crippen molar-refractivity contribution in [3.63, 3.8) is 0 Å². The number of hydrogen-bond donors (Lipinski definition) is 1. The van der Waals surface area contributed by atoms with Crippen LogP contribution in [0.1, 0.15) is 62.6 Å².